The van der Waals surface area contributed by atoms with Crippen LogP contribution in [0, 0.1) is 0 Å². The van der Waals surface area contributed by atoms with E-state index in [1.54, 1.807) is 0 Å². The molecule has 0 bridgehead atoms. The van der Waals surface area contributed by atoms with Gasteiger partial charge in [-0.15, -0.1) is 0 Å². The topological polar surface area (TPSA) is 23.5 Å². The quantitative estimate of drug-likeness (QED) is 0.720. The van der Waals surface area contributed by atoms with Gasteiger partial charge in [0.05, 0.1) is 6.10 Å². The Hall–Kier alpha value is -1.38. The summed E-state index contributed by atoms with van der Waals surface area (Å²) in [4.78, 5) is 2.51. The summed E-state index contributed by atoms with van der Waals surface area (Å²) < 4.78 is 0. The highest BCUT2D eigenvalue weighted by molar-refractivity contribution is 5.85. The second kappa shape index (κ2) is 8.92. The molecule has 2 aromatic carbocycles. The van der Waals surface area contributed by atoms with Crippen LogP contribution in [0.5, 0.6) is 0 Å². The molecule has 0 aliphatic carbocycles. The van der Waals surface area contributed by atoms with E-state index in [0.717, 1.165) is 38.0 Å². The van der Waals surface area contributed by atoms with Crippen molar-refractivity contribution >= 4 is 10.8 Å². The van der Waals surface area contributed by atoms with Crippen LogP contribution in [0.1, 0.15) is 51.2 Å². The van der Waals surface area contributed by atoms with E-state index in [1.165, 1.54) is 23.6 Å². The van der Waals surface area contributed by atoms with Gasteiger partial charge in [-0.2, -0.15) is 0 Å². The summed E-state index contributed by atoms with van der Waals surface area (Å²) in [5.41, 5.74) is 1.07. The van der Waals surface area contributed by atoms with Crippen molar-refractivity contribution in [3.8, 4) is 0 Å². The predicted octanol–water partition coefficient (Wildman–Crippen LogP) is 4.78. The molecule has 2 heteroatoms. The average Bonchev–Trinajstić information content (AvgIpc) is 2.54. The minimum absolute atomic E-state index is 0.365. The molecule has 0 fully saturated rings. The Labute approximate surface area is 134 Å². The molecule has 22 heavy (non-hydrogen) atoms. The number of aliphatic hydroxyl groups is 1. The molecule has 1 atom stereocenters. The van der Waals surface area contributed by atoms with Crippen molar-refractivity contribution in [1.82, 2.24) is 4.90 Å². The van der Waals surface area contributed by atoms with Gasteiger partial charge in [-0.05, 0) is 61.7 Å². The average molecular weight is 299 g/mol. The van der Waals surface area contributed by atoms with Gasteiger partial charge in [0, 0.05) is 0 Å². The van der Waals surface area contributed by atoms with Crippen molar-refractivity contribution in [2.24, 2.45) is 0 Å². The zero-order chi connectivity index (χ0) is 15.8. The van der Waals surface area contributed by atoms with E-state index in [2.05, 4.69) is 43.0 Å². The van der Waals surface area contributed by atoms with Crippen molar-refractivity contribution in [2.45, 2.75) is 45.6 Å². The molecule has 2 aromatic rings. The Kier molecular flexibility index (Phi) is 6.88. The molecule has 0 aliphatic rings. The number of benzene rings is 2. The molecule has 1 N–H and O–H groups in total. The van der Waals surface area contributed by atoms with E-state index in [-0.39, 0.29) is 6.10 Å². The van der Waals surface area contributed by atoms with Crippen molar-refractivity contribution in [3.05, 3.63) is 48.0 Å². The van der Waals surface area contributed by atoms with Crippen LogP contribution in [0.2, 0.25) is 0 Å². The molecule has 0 heterocycles. The number of nitrogens with zero attached hydrogens (tertiary/aromatic N) is 1. The minimum Gasteiger partial charge on any atom is -0.388 e. The zero-order valence-corrected chi connectivity index (χ0v) is 14.0. The van der Waals surface area contributed by atoms with Crippen LogP contribution in [0.25, 0.3) is 10.8 Å². The third-order valence-electron chi connectivity index (χ3n) is 4.21. The van der Waals surface area contributed by atoms with Gasteiger partial charge in [0.25, 0.3) is 0 Å². The van der Waals surface area contributed by atoms with E-state index in [1.807, 2.05) is 18.2 Å². The van der Waals surface area contributed by atoms with E-state index in [9.17, 15) is 5.11 Å². The summed E-state index contributed by atoms with van der Waals surface area (Å²) >= 11 is 0. The molecule has 120 valence electrons. The normalized spacial score (nSPS) is 12.9. The fourth-order valence-electron chi connectivity index (χ4n) is 3.17. The van der Waals surface area contributed by atoms with Crippen LogP contribution in [0.4, 0.5) is 0 Å². The van der Waals surface area contributed by atoms with Crippen LogP contribution >= 0.6 is 0 Å². The molecule has 0 aromatic heterocycles. The second-order valence-corrected chi connectivity index (χ2v) is 6.07. The molecule has 2 rings (SSSR count). The first-order valence-electron chi connectivity index (χ1n) is 8.64. The number of rotatable bonds is 9. The molecule has 0 spiro atoms. The molecule has 0 saturated carbocycles. The monoisotopic (exact) mass is 299 g/mol. The molecular weight excluding hydrogens is 270 g/mol. The second-order valence-electron chi connectivity index (χ2n) is 6.07. The lowest BCUT2D eigenvalue weighted by Gasteiger charge is -2.22. The summed E-state index contributed by atoms with van der Waals surface area (Å²) in [6.45, 7) is 7.88. The molecule has 0 aliphatic heterocycles. The van der Waals surface area contributed by atoms with Crippen molar-refractivity contribution in [3.63, 3.8) is 0 Å². The van der Waals surface area contributed by atoms with Gasteiger partial charge in [-0.3, -0.25) is 0 Å². The first-order valence-corrected chi connectivity index (χ1v) is 8.64. The van der Waals surface area contributed by atoms with Gasteiger partial charge < -0.3 is 10.0 Å². The summed E-state index contributed by atoms with van der Waals surface area (Å²) in [6.07, 6.45) is 3.91. The molecular formula is C20H29NO. The first-order chi connectivity index (χ1) is 10.8. The minimum atomic E-state index is -0.365. The maximum absolute atomic E-state index is 10.6. The van der Waals surface area contributed by atoms with Gasteiger partial charge in [0.1, 0.15) is 0 Å². The van der Waals surface area contributed by atoms with Crippen molar-refractivity contribution in [2.75, 3.05) is 19.6 Å². The van der Waals surface area contributed by atoms with Crippen molar-refractivity contribution in [1.29, 1.82) is 0 Å². The van der Waals surface area contributed by atoms with Crippen LogP contribution in [0.15, 0.2) is 42.5 Å². The van der Waals surface area contributed by atoms with Gasteiger partial charge >= 0.3 is 0 Å². The van der Waals surface area contributed by atoms with E-state index < -0.39 is 0 Å². The molecule has 0 saturated heterocycles. The molecule has 1 unspecified atom stereocenters. The Balaban J connectivity index is 1.95. The summed E-state index contributed by atoms with van der Waals surface area (Å²) in [7, 11) is 0. The maximum Gasteiger partial charge on any atom is 0.0796 e. The molecule has 0 amide bonds. The zero-order valence-electron chi connectivity index (χ0n) is 14.0. The summed E-state index contributed by atoms with van der Waals surface area (Å²) in [5, 5.41) is 13.0. The van der Waals surface area contributed by atoms with Crippen molar-refractivity contribution < 1.29 is 5.11 Å². The highest BCUT2D eigenvalue weighted by Crippen LogP contribution is 2.27. The lowest BCUT2D eigenvalue weighted by Crippen LogP contribution is -2.26. The number of hydrogen-bond donors (Lipinski definition) is 1. The summed E-state index contributed by atoms with van der Waals surface area (Å²) in [5.74, 6) is 0. The Bertz CT molecular complexity index is 555. The van der Waals surface area contributed by atoms with E-state index in [0.29, 0.717) is 0 Å². The van der Waals surface area contributed by atoms with Gasteiger partial charge in [-0.1, -0.05) is 56.3 Å². The predicted molar refractivity (Wildman–Crippen MR) is 95.2 cm³/mol. The Morgan fingerprint density at radius 2 is 1.59 bits per heavy atom. The van der Waals surface area contributed by atoms with E-state index >= 15 is 0 Å². The van der Waals surface area contributed by atoms with Crippen LogP contribution in [-0.2, 0) is 0 Å². The van der Waals surface area contributed by atoms with Crippen LogP contribution in [0.3, 0.4) is 0 Å². The highest BCUT2D eigenvalue weighted by atomic mass is 16.3. The van der Waals surface area contributed by atoms with Gasteiger partial charge in [0.2, 0.25) is 0 Å². The number of hydrogen-bond acceptors (Lipinski definition) is 2. The molecule has 0 radical (unpaired) electrons. The fourth-order valence-corrected chi connectivity index (χ4v) is 3.17. The Morgan fingerprint density at radius 1 is 0.909 bits per heavy atom. The largest absolute Gasteiger partial charge is 0.388 e. The third kappa shape index (κ3) is 4.56. The summed E-state index contributed by atoms with van der Waals surface area (Å²) in [6, 6.07) is 14.5. The number of fused-ring (bicyclic) bond motifs is 1. The van der Waals surface area contributed by atoms with Gasteiger partial charge in [0.15, 0.2) is 0 Å². The van der Waals surface area contributed by atoms with Crippen LogP contribution in [-0.4, -0.2) is 29.6 Å². The standard InChI is InChI=1S/C20H29NO/c1-3-14-21(15-4-2)16-8-13-20(22)19-12-7-10-17-9-5-6-11-18(17)19/h5-7,9-12,20,22H,3-4,8,13-16H2,1-2H3. The number of aliphatic hydroxyl groups excluding tert-OH is 1. The first kappa shape index (κ1) is 17.0. The lowest BCUT2D eigenvalue weighted by atomic mass is 9.98. The van der Waals surface area contributed by atoms with Gasteiger partial charge in [-0.25, -0.2) is 0 Å². The third-order valence-corrected chi connectivity index (χ3v) is 4.21. The SMILES string of the molecule is CCCN(CCC)CCCC(O)c1cccc2ccccc12. The van der Waals surface area contributed by atoms with E-state index in [4.69, 9.17) is 0 Å². The Morgan fingerprint density at radius 3 is 2.32 bits per heavy atom. The highest BCUT2D eigenvalue weighted by Gasteiger charge is 2.11. The maximum atomic E-state index is 10.6. The smallest absolute Gasteiger partial charge is 0.0796 e. The molecule has 2 nitrogen and oxygen atoms in total. The fraction of sp³-hybridized carbons (Fsp3) is 0.500. The lowest BCUT2D eigenvalue weighted by molar-refractivity contribution is 0.156. The van der Waals surface area contributed by atoms with Crippen LogP contribution < -0.4 is 0 Å².